The molecule has 2 N–H and O–H groups in total. The summed E-state index contributed by atoms with van der Waals surface area (Å²) >= 11 is 0. The normalized spacial score (nSPS) is 9.88. The van der Waals surface area contributed by atoms with Gasteiger partial charge < -0.3 is 15.5 Å². The van der Waals surface area contributed by atoms with Crippen molar-refractivity contribution in [2.75, 3.05) is 35.2 Å². The molecule has 0 aliphatic rings. The van der Waals surface area contributed by atoms with Crippen LogP contribution in [0, 0.1) is 11.3 Å². The smallest absolute Gasteiger partial charge is 0.243 e. The molecule has 0 fully saturated rings. The predicted molar refractivity (Wildman–Crippen MR) is 98.3 cm³/mol. The Morgan fingerprint density at radius 2 is 1.79 bits per heavy atom. The third-order valence-corrected chi connectivity index (χ3v) is 3.72. The Morgan fingerprint density at radius 3 is 2.42 bits per heavy atom. The summed E-state index contributed by atoms with van der Waals surface area (Å²) in [7, 11) is 0. The molecule has 2 aromatic carbocycles. The van der Waals surface area contributed by atoms with Crippen LogP contribution in [0.4, 0.5) is 17.1 Å². The van der Waals surface area contributed by atoms with Crippen LogP contribution in [0.2, 0.25) is 0 Å². The van der Waals surface area contributed by atoms with Gasteiger partial charge in [-0.2, -0.15) is 5.26 Å². The quantitative estimate of drug-likeness (QED) is 0.819. The number of amides is 1. The van der Waals surface area contributed by atoms with E-state index in [-0.39, 0.29) is 12.5 Å². The molecule has 5 heteroatoms. The second kappa shape index (κ2) is 8.59. The average molecular weight is 322 g/mol. The van der Waals surface area contributed by atoms with Crippen LogP contribution in [-0.2, 0) is 4.79 Å². The summed E-state index contributed by atoms with van der Waals surface area (Å²) < 4.78 is 0. The number of nitriles is 1. The van der Waals surface area contributed by atoms with Gasteiger partial charge in [0.05, 0.1) is 18.2 Å². The van der Waals surface area contributed by atoms with Crippen LogP contribution in [0.3, 0.4) is 0 Å². The summed E-state index contributed by atoms with van der Waals surface area (Å²) in [5.41, 5.74) is 3.22. The molecular formula is C19H22N4O. The molecule has 5 nitrogen and oxygen atoms in total. The van der Waals surface area contributed by atoms with Crippen molar-refractivity contribution in [3.8, 4) is 6.07 Å². The van der Waals surface area contributed by atoms with Gasteiger partial charge in [-0.3, -0.25) is 4.79 Å². The van der Waals surface area contributed by atoms with Gasteiger partial charge in [-0.25, -0.2) is 0 Å². The molecule has 0 heterocycles. The first kappa shape index (κ1) is 17.4. The molecule has 0 saturated heterocycles. The maximum absolute atomic E-state index is 12.0. The first-order valence-electron chi connectivity index (χ1n) is 8.05. The van der Waals surface area contributed by atoms with E-state index in [9.17, 15) is 4.79 Å². The molecule has 1 amide bonds. The summed E-state index contributed by atoms with van der Waals surface area (Å²) in [5, 5.41) is 14.7. The predicted octanol–water partition coefficient (Wildman–Crippen LogP) is 3.46. The zero-order valence-electron chi connectivity index (χ0n) is 14.0. The molecule has 0 aliphatic heterocycles. The zero-order chi connectivity index (χ0) is 17.4. The van der Waals surface area contributed by atoms with E-state index in [2.05, 4.69) is 35.5 Å². The molecule has 24 heavy (non-hydrogen) atoms. The molecule has 0 aliphatic carbocycles. The van der Waals surface area contributed by atoms with Crippen molar-refractivity contribution in [3.63, 3.8) is 0 Å². The lowest BCUT2D eigenvalue weighted by molar-refractivity contribution is -0.114. The van der Waals surface area contributed by atoms with E-state index in [1.54, 1.807) is 18.2 Å². The maximum Gasteiger partial charge on any atom is 0.243 e. The van der Waals surface area contributed by atoms with Gasteiger partial charge in [0.25, 0.3) is 0 Å². The first-order valence-corrected chi connectivity index (χ1v) is 8.05. The van der Waals surface area contributed by atoms with Crippen molar-refractivity contribution >= 4 is 23.0 Å². The van der Waals surface area contributed by atoms with Crippen LogP contribution in [0.1, 0.15) is 19.4 Å². The molecule has 2 aromatic rings. The number of nitrogens with zero attached hydrogens (tertiary/aromatic N) is 2. The number of carbonyl (C=O) groups is 1. The van der Waals surface area contributed by atoms with Gasteiger partial charge in [0, 0.05) is 30.2 Å². The third-order valence-electron chi connectivity index (χ3n) is 3.72. The molecule has 0 aromatic heterocycles. The monoisotopic (exact) mass is 322 g/mol. The van der Waals surface area contributed by atoms with Crippen molar-refractivity contribution in [1.29, 1.82) is 5.26 Å². The van der Waals surface area contributed by atoms with E-state index in [0.29, 0.717) is 5.56 Å². The second-order valence-corrected chi connectivity index (χ2v) is 5.31. The minimum Gasteiger partial charge on any atom is -0.376 e. The molecule has 0 spiro atoms. The van der Waals surface area contributed by atoms with Gasteiger partial charge in [-0.15, -0.1) is 0 Å². The number of carbonyl (C=O) groups excluding carboxylic acids is 1. The lowest BCUT2D eigenvalue weighted by atomic mass is 10.2. The summed E-state index contributed by atoms with van der Waals surface area (Å²) in [6.45, 7) is 6.28. The Bertz CT molecular complexity index is 715. The van der Waals surface area contributed by atoms with Gasteiger partial charge in [0.1, 0.15) is 0 Å². The highest BCUT2D eigenvalue weighted by molar-refractivity contribution is 5.93. The fraction of sp³-hybridized carbons (Fsp3) is 0.263. The summed E-state index contributed by atoms with van der Waals surface area (Å²) in [4.78, 5) is 14.3. The standard InChI is InChI=1S/C19H22N4O/c1-3-23(4-2)18-10-8-16(9-11-18)22-19(24)14-21-17-7-5-6-15(12-17)13-20/h5-12,21H,3-4,14H2,1-2H3,(H,22,24). The van der Waals surface area contributed by atoms with Crippen molar-refractivity contribution in [2.45, 2.75) is 13.8 Å². The highest BCUT2D eigenvalue weighted by Gasteiger charge is 2.05. The molecule has 0 atom stereocenters. The van der Waals surface area contributed by atoms with Gasteiger partial charge in [-0.1, -0.05) is 6.07 Å². The minimum atomic E-state index is -0.132. The van der Waals surface area contributed by atoms with E-state index >= 15 is 0 Å². The fourth-order valence-electron chi connectivity index (χ4n) is 2.43. The van der Waals surface area contributed by atoms with E-state index in [1.165, 1.54) is 0 Å². The van der Waals surface area contributed by atoms with Crippen molar-refractivity contribution in [3.05, 3.63) is 54.1 Å². The Hall–Kier alpha value is -3.00. The number of rotatable bonds is 7. The Balaban J connectivity index is 1.89. The number of hydrogen-bond acceptors (Lipinski definition) is 4. The highest BCUT2D eigenvalue weighted by Crippen LogP contribution is 2.17. The fourth-order valence-corrected chi connectivity index (χ4v) is 2.43. The lowest BCUT2D eigenvalue weighted by Crippen LogP contribution is -2.23. The Kier molecular flexibility index (Phi) is 6.21. The van der Waals surface area contributed by atoms with Crippen LogP contribution in [-0.4, -0.2) is 25.5 Å². The van der Waals surface area contributed by atoms with Crippen LogP contribution >= 0.6 is 0 Å². The van der Waals surface area contributed by atoms with Gasteiger partial charge in [-0.05, 0) is 56.3 Å². The number of benzene rings is 2. The van der Waals surface area contributed by atoms with E-state index < -0.39 is 0 Å². The van der Waals surface area contributed by atoms with E-state index in [4.69, 9.17) is 5.26 Å². The molecule has 0 saturated carbocycles. The zero-order valence-corrected chi connectivity index (χ0v) is 14.0. The van der Waals surface area contributed by atoms with Crippen molar-refractivity contribution < 1.29 is 4.79 Å². The van der Waals surface area contributed by atoms with Gasteiger partial charge >= 0.3 is 0 Å². The molecule has 0 radical (unpaired) electrons. The van der Waals surface area contributed by atoms with Crippen LogP contribution in [0.15, 0.2) is 48.5 Å². The van der Waals surface area contributed by atoms with Crippen LogP contribution in [0.25, 0.3) is 0 Å². The SMILES string of the molecule is CCN(CC)c1ccc(NC(=O)CNc2cccc(C#N)c2)cc1. The summed E-state index contributed by atoms with van der Waals surface area (Å²) in [6, 6.07) is 16.9. The molecule has 0 bridgehead atoms. The highest BCUT2D eigenvalue weighted by atomic mass is 16.1. The Labute approximate surface area is 142 Å². The number of nitrogens with one attached hydrogen (secondary N) is 2. The van der Waals surface area contributed by atoms with Crippen LogP contribution in [0.5, 0.6) is 0 Å². The van der Waals surface area contributed by atoms with E-state index in [1.807, 2.05) is 30.3 Å². The first-order chi connectivity index (χ1) is 11.7. The van der Waals surface area contributed by atoms with Crippen LogP contribution < -0.4 is 15.5 Å². The number of hydrogen-bond donors (Lipinski definition) is 2. The molecule has 2 rings (SSSR count). The summed E-state index contributed by atoms with van der Waals surface area (Å²) in [5.74, 6) is -0.132. The van der Waals surface area contributed by atoms with Crippen molar-refractivity contribution in [1.82, 2.24) is 0 Å². The lowest BCUT2D eigenvalue weighted by Gasteiger charge is -2.21. The summed E-state index contributed by atoms with van der Waals surface area (Å²) in [6.07, 6.45) is 0. The maximum atomic E-state index is 12.0. The average Bonchev–Trinajstić information content (AvgIpc) is 2.62. The molecule has 0 unspecified atom stereocenters. The Morgan fingerprint density at radius 1 is 1.08 bits per heavy atom. The minimum absolute atomic E-state index is 0.132. The molecular weight excluding hydrogens is 300 g/mol. The van der Waals surface area contributed by atoms with Crippen molar-refractivity contribution in [2.24, 2.45) is 0 Å². The number of anilines is 3. The van der Waals surface area contributed by atoms with Gasteiger partial charge in [0.15, 0.2) is 0 Å². The largest absolute Gasteiger partial charge is 0.376 e. The topological polar surface area (TPSA) is 68.2 Å². The third kappa shape index (κ3) is 4.75. The van der Waals surface area contributed by atoms with Gasteiger partial charge in [0.2, 0.25) is 5.91 Å². The second-order valence-electron chi connectivity index (χ2n) is 5.31. The van der Waals surface area contributed by atoms with E-state index in [0.717, 1.165) is 30.2 Å². The molecule has 124 valence electrons.